The molecule has 0 saturated carbocycles. The number of aromatic nitrogens is 2. The van der Waals surface area contributed by atoms with Crippen LogP contribution in [0.15, 0.2) is 6.20 Å². The Morgan fingerprint density at radius 1 is 1.43 bits per heavy atom. The predicted octanol–water partition coefficient (Wildman–Crippen LogP) is 2.07. The van der Waals surface area contributed by atoms with Gasteiger partial charge in [-0.2, -0.15) is 0 Å². The first-order chi connectivity index (χ1) is 9.90. The Balaban J connectivity index is 2.18. The number of aryl methyl sites for hydroxylation is 1. The van der Waals surface area contributed by atoms with Crippen molar-refractivity contribution in [3.63, 3.8) is 0 Å². The van der Waals surface area contributed by atoms with E-state index in [0.717, 1.165) is 31.0 Å². The molecule has 5 heteroatoms. The highest BCUT2D eigenvalue weighted by Crippen LogP contribution is 2.26. The highest BCUT2D eigenvalue weighted by molar-refractivity contribution is 5.94. The van der Waals surface area contributed by atoms with Crippen LogP contribution in [0.5, 0.6) is 0 Å². The van der Waals surface area contributed by atoms with E-state index < -0.39 is 0 Å². The average Bonchev–Trinajstić information content (AvgIpc) is 2.46. The Bertz CT molecular complexity index is 513. The van der Waals surface area contributed by atoms with Crippen LogP contribution in [0.4, 0.5) is 0 Å². The van der Waals surface area contributed by atoms with E-state index in [0.29, 0.717) is 17.5 Å². The van der Waals surface area contributed by atoms with Crippen molar-refractivity contribution in [2.75, 3.05) is 27.2 Å². The minimum atomic E-state index is -0.0356. The van der Waals surface area contributed by atoms with Gasteiger partial charge in [0.2, 0.25) is 0 Å². The molecule has 0 aliphatic carbocycles. The fraction of sp³-hybridized carbons (Fsp3) is 0.688. The van der Waals surface area contributed by atoms with Gasteiger partial charge in [-0.3, -0.25) is 4.79 Å². The van der Waals surface area contributed by atoms with Gasteiger partial charge in [-0.15, -0.1) is 0 Å². The molecular weight excluding hydrogens is 264 g/mol. The number of amides is 1. The first kappa shape index (κ1) is 15.9. The van der Waals surface area contributed by atoms with Gasteiger partial charge in [0.1, 0.15) is 5.82 Å². The third kappa shape index (κ3) is 3.59. The molecule has 1 aromatic rings. The summed E-state index contributed by atoms with van der Waals surface area (Å²) in [5.41, 5.74) is 1.38. The maximum Gasteiger partial charge on any atom is 0.256 e. The molecular formula is C16H26N4O. The second kappa shape index (κ2) is 6.52. The molecule has 0 N–H and O–H groups in total. The highest BCUT2D eigenvalue weighted by atomic mass is 16.2. The number of hydrogen-bond donors (Lipinski definition) is 0. The van der Waals surface area contributed by atoms with E-state index in [4.69, 9.17) is 0 Å². The van der Waals surface area contributed by atoms with E-state index >= 15 is 0 Å². The number of carbonyl (C=O) groups excluding carboxylic acids is 1. The van der Waals surface area contributed by atoms with Crippen LogP contribution in [-0.4, -0.2) is 58.9 Å². The average molecular weight is 290 g/mol. The highest BCUT2D eigenvalue weighted by Gasteiger charge is 2.25. The smallest absolute Gasteiger partial charge is 0.256 e. The molecule has 1 saturated heterocycles. The Morgan fingerprint density at radius 2 is 2.14 bits per heavy atom. The van der Waals surface area contributed by atoms with Gasteiger partial charge < -0.3 is 9.80 Å². The minimum Gasteiger partial charge on any atom is -0.345 e. The van der Waals surface area contributed by atoms with Crippen molar-refractivity contribution >= 4 is 5.91 Å². The summed E-state index contributed by atoms with van der Waals surface area (Å²) >= 11 is 0. The molecule has 0 aromatic carbocycles. The summed E-state index contributed by atoms with van der Waals surface area (Å²) in [6, 6.07) is 0.559. The van der Waals surface area contributed by atoms with Crippen molar-refractivity contribution in [1.29, 1.82) is 0 Å². The van der Waals surface area contributed by atoms with Crippen molar-refractivity contribution in [2.24, 2.45) is 0 Å². The van der Waals surface area contributed by atoms with Gasteiger partial charge in [0.15, 0.2) is 0 Å². The summed E-state index contributed by atoms with van der Waals surface area (Å²) in [6.45, 7) is 8.52. The van der Waals surface area contributed by atoms with Crippen LogP contribution in [0.25, 0.3) is 0 Å². The summed E-state index contributed by atoms with van der Waals surface area (Å²) < 4.78 is 0. The standard InChI is InChI=1S/C16H26N4O/c1-11(2)20-8-6-7-13(10-20)15-17-9-14(12(3)18-15)16(21)19(4)5/h9,11,13H,6-8,10H2,1-5H3/t13-/m0/s1. The normalized spacial score (nSPS) is 19.8. The van der Waals surface area contributed by atoms with Crippen LogP contribution in [0, 0.1) is 6.92 Å². The van der Waals surface area contributed by atoms with Gasteiger partial charge in [-0.05, 0) is 40.2 Å². The lowest BCUT2D eigenvalue weighted by Gasteiger charge is -2.34. The fourth-order valence-corrected chi connectivity index (χ4v) is 2.82. The largest absolute Gasteiger partial charge is 0.345 e. The molecule has 2 rings (SSSR count). The van der Waals surface area contributed by atoms with Crippen LogP contribution >= 0.6 is 0 Å². The summed E-state index contributed by atoms with van der Waals surface area (Å²) in [5.74, 6) is 1.23. The molecule has 1 aliphatic rings. The van der Waals surface area contributed by atoms with Gasteiger partial charge >= 0.3 is 0 Å². The number of nitrogens with zero attached hydrogens (tertiary/aromatic N) is 4. The third-order valence-electron chi connectivity index (χ3n) is 4.18. The summed E-state index contributed by atoms with van der Waals surface area (Å²) in [5, 5.41) is 0. The van der Waals surface area contributed by atoms with Crippen molar-refractivity contribution < 1.29 is 4.79 Å². The fourth-order valence-electron chi connectivity index (χ4n) is 2.82. The van der Waals surface area contributed by atoms with Gasteiger partial charge in [0.05, 0.1) is 11.3 Å². The molecule has 2 heterocycles. The van der Waals surface area contributed by atoms with Gasteiger partial charge in [-0.25, -0.2) is 9.97 Å². The number of rotatable bonds is 3. The van der Waals surface area contributed by atoms with Crippen LogP contribution < -0.4 is 0 Å². The van der Waals surface area contributed by atoms with Crippen molar-refractivity contribution in [3.8, 4) is 0 Å². The molecule has 1 atom stereocenters. The monoisotopic (exact) mass is 290 g/mol. The van der Waals surface area contributed by atoms with E-state index in [-0.39, 0.29) is 5.91 Å². The molecule has 0 bridgehead atoms. The van der Waals surface area contributed by atoms with Crippen molar-refractivity contribution in [2.45, 2.75) is 45.6 Å². The van der Waals surface area contributed by atoms with Gasteiger partial charge in [0.25, 0.3) is 5.91 Å². The first-order valence-electron chi connectivity index (χ1n) is 7.69. The van der Waals surface area contributed by atoms with E-state index in [1.807, 2.05) is 6.92 Å². The Kier molecular flexibility index (Phi) is 4.93. The zero-order valence-electron chi connectivity index (χ0n) is 13.8. The van der Waals surface area contributed by atoms with Crippen LogP contribution in [-0.2, 0) is 0 Å². The second-order valence-electron chi connectivity index (χ2n) is 6.35. The third-order valence-corrected chi connectivity index (χ3v) is 4.18. The van der Waals surface area contributed by atoms with Crippen LogP contribution in [0.2, 0.25) is 0 Å². The summed E-state index contributed by atoms with van der Waals surface area (Å²) in [6.07, 6.45) is 4.00. The topological polar surface area (TPSA) is 49.3 Å². The van der Waals surface area contributed by atoms with Gasteiger partial charge in [0, 0.05) is 38.8 Å². The van der Waals surface area contributed by atoms with E-state index in [2.05, 4.69) is 28.7 Å². The van der Waals surface area contributed by atoms with Crippen molar-refractivity contribution in [1.82, 2.24) is 19.8 Å². The molecule has 0 radical (unpaired) electrons. The molecule has 1 fully saturated rings. The molecule has 5 nitrogen and oxygen atoms in total. The van der Waals surface area contributed by atoms with E-state index in [1.54, 1.807) is 25.2 Å². The SMILES string of the molecule is Cc1nc([C@H]2CCCN(C(C)C)C2)ncc1C(=O)N(C)C. The maximum absolute atomic E-state index is 12.0. The molecule has 1 amide bonds. The molecule has 116 valence electrons. The second-order valence-corrected chi connectivity index (χ2v) is 6.35. The van der Waals surface area contributed by atoms with Gasteiger partial charge in [-0.1, -0.05) is 0 Å². The van der Waals surface area contributed by atoms with Crippen LogP contribution in [0.1, 0.15) is 54.5 Å². The number of carbonyl (C=O) groups is 1. The van der Waals surface area contributed by atoms with Crippen LogP contribution in [0.3, 0.4) is 0 Å². The Labute approximate surface area is 127 Å². The predicted molar refractivity (Wildman–Crippen MR) is 83.5 cm³/mol. The molecule has 0 spiro atoms. The zero-order valence-corrected chi connectivity index (χ0v) is 13.8. The maximum atomic E-state index is 12.0. The lowest BCUT2D eigenvalue weighted by Crippen LogP contribution is -2.39. The van der Waals surface area contributed by atoms with E-state index in [1.165, 1.54) is 6.42 Å². The number of likely N-dealkylation sites (tertiary alicyclic amines) is 1. The summed E-state index contributed by atoms with van der Waals surface area (Å²) in [4.78, 5) is 25.2. The van der Waals surface area contributed by atoms with Crippen molar-refractivity contribution in [3.05, 3.63) is 23.3 Å². The Morgan fingerprint density at radius 3 is 2.71 bits per heavy atom. The molecule has 21 heavy (non-hydrogen) atoms. The minimum absolute atomic E-state index is 0.0356. The van der Waals surface area contributed by atoms with E-state index in [9.17, 15) is 4.79 Å². The summed E-state index contributed by atoms with van der Waals surface area (Å²) in [7, 11) is 3.49. The lowest BCUT2D eigenvalue weighted by molar-refractivity contribution is 0.0825. The molecule has 0 unspecified atom stereocenters. The number of hydrogen-bond acceptors (Lipinski definition) is 4. The lowest BCUT2D eigenvalue weighted by atomic mass is 9.96. The first-order valence-corrected chi connectivity index (χ1v) is 7.69. The quantitative estimate of drug-likeness (QED) is 0.855. The molecule has 1 aromatic heterocycles. The Hall–Kier alpha value is -1.49. The zero-order chi connectivity index (χ0) is 15.6. The number of piperidine rings is 1. The molecule has 1 aliphatic heterocycles.